The van der Waals surface area contributed by atoms with E-state index in [1.165, 1.54) is 32.1 Å². The van der Waals surface area contributed by atoms with Crippen LogP contribution >= 0.6 is 0 Å². The van der Waals surface area contributed by atoms with Gasteiger partial charge in [0.05, 0.1) is 0 Å². The summed E-state index contributed by atoms with van der Waals surface area (Å²) in [7, 11) is 0. The van der Waals surface area contributed by atoms with Gasteiger partial charge in [-0.3, -0.25) is 0 Å². The normalized spacial score (nSPS) is 12.6. The Morgan fingerprint density at radius 2 is 1.82 bits per heavy atom. The molecule has 1 atom stereocenters. The molecule has 0 fully saturated rings. The van der Waals surface area contributed by atoms with Crippen LogP contribution in [0.2, 0.25) is 8.60 Å². The SMILES string of the molecule is CCC[CH2][Mg][CH](CC)CCC. The van der Waals surface area contributed by atoms with Crippen molar-refractivity contribution in [2.75, 3.05) is 0 Å². The minimum Gasteiger partial charge on any atom is -0.145 e. The quantitative estimate of drug-likeness (QED) is 0.397. The molecule has 1 unspecified atom stereocenters. The van der Waals surface area contributed by atoms with Crippen molar-refractivity contribution in [1.82, 2.24) is 0 Å². The van der Waals surface area contributed by atoms with Crippen molar-refractivity contribution in [3.8, 4) is 0 Å². The Morgan fingerprint density at radius 3 is 2.27 bits per heavy atom. The summed E-state index contributed by atoms with van der Waals surface area (Å²) >= 11 is 0.303. The molecule has 1 heteroatoms. The molecule has 0 aliphatic rings. The van der Waals surface area contributed by atoms with Crippen LogP contribution in [0.25, 0.3) is 0 Å². The standard InChI is InChI=1S/C6H13.C4H9.Mg/c1-3-5-6-4-2;1-3-4-2;/h5H,3-4,6H2,1-2H3;1,3-4H2,2H3;. The van der Waals surface area contributed by atoms with Crippen LogP contribution < -0.4 is 0 Å². The summed E-state index contributed by atoms with van der Waals surface area (Å²) in [5, 5.41) is 0. The predicted octanol–water partition coefficient (Wildman–Crippen LogP) is 3.91. The molecule has 0 bridgehead atoms. The van der Waals surface area contributed by atoms with Crippen molar-refractivity contribution in [2.45, 2.75) is 61.5 Å². The van der Waals surface area contributed by atoms with Gasteiger partial charge in [-0.15, -0.1) is 8.60 Å². The highest BCUT2D eigenvalue weighted by Gasteiger charge is 2.07. The minimum absolute atomic E-state index is 0.303. The third kappa shape index (κ3) is 7.14. The summed E-state index contributed by atoms with van der Waals surface area (Å²) in [4.78, 5) is 0. The van der Waals surface area contributed by atoms with Crippen molar-refractivity contribution in [3.63, 3.8) is 0 Å². The van der Waals surface area contributed by atoms with Gasteiger partial charge in [-0.05, 0) is 0 Å². The lowest BCUT2D eigenvalue weighted by molar-refractivity contribution is 0.687. The fourth-order valence-electron chi connectivity index (χ4n) is 1.64. The molecule has 0 aliphatic heterocycles. The molecule has 0 heterocycles. The number of rotatable bonds is 7. The van der Waals surface area contributed by atoms with Crippen LogP contribution in [-0.2, 0) is 0 Å². The number of hydrogen-bond acceptors (Lipinski definition) is 0. The van der Waals surface area contributed by atoms with Crippen LogP contribution in [0.1, 0.15) is 52.9 Å². The van der Waals surface area contributed by atoms with E-state index in [0.29, 0.717) is 20.4 Å². The molecule has 0 spiro atoms. The molecule has 0 saturated carbocycles. The fraction of sp³-hybridized carbons (Fsp3) is 1.00. The Balaban J connectivity index is 3.20. The summed E-state index contributed by atoms with van der Waals surface area (Å²) < 4.78 is 2.75. The molecule has 0 aromatic carbocycles. The van der Waals surface area contributed by atoms with E-state index in [9.17, 15) is 0 Å². The highest BCUT2D eigenvalue weighted by Crippen LogP contribution is 2.18. The number of hydrogen-bond donors (Lipinski definition) is 0. The second-order valence-electron chi connectivity index (χ2n) is 3.56. The lowest BCUT2D eigenvalue weighted by Gasteiger charge is -2.10. The lowest BCUT2D eigenvalue weighted by atomic mass is 10.2. The first-order valence-corrected chi connectivity index (χ1v) is 7.16. The molecule has 0 aromatic rings. The first-order chi connectivity index (χ1) is 5.35. The van der Waals surface area contributed by atoms with E-state index >= 15 is 0 Å². The van der Waals surface area contributed by atoms with Gasteiger partial charge >= 0.3 is 20.4 Å². The van der Waals surface area contributed by atoms with Gasteiger partial charge in [0.2, 0.25) is 0 Å². The van der Waals surface area contributed by atoms with Gasteiger partial charge < -0.3 is 0 Å². The zero-order valence-electron chi connectivity index (χ0n) is 8.53. The molecular formula is C10H22Mg. The molecule has 0 radical (unpaired) electrons. The Labute approximate surface area is 81.9 Å². The van der Waals surface area contributed by atoms with Gasteiger partial charge in [0.15, 0.2) is 0 Å². The van der Waals surface area contributed by atoms with E-state index in [1.807, 2.05) is 0 Å². The fourth-order valence-corrected chi connectivity index (χ4v) is 4.12. The molecule has 0 saturated heterocycles. The topological polar surface area (TPSA) is 0 Å². The van der Waals surface area contributed by atoms with Crippen molar-refractivity contribution in [1.29, 1.82) is 0 Å². The third-order valence-corrected chi connectivity index (χ3v) is 5.20. The van der Waals surface area contributed by atoms with Gasteiger partial charge in [-0.1, -0.05) is 52.9 Å². The highest BCUT2D eigenvalue weighted by atomic mass is 24.5. The number of unbranched alkanes of at least 4 members (excludes halogenated alkanes) is 1. The van der Waals surface area contributed by atoms with E-state index < -0.39 is 0 Å². The maximum absolute atomic E-state index is 2.36. The van der Waals surface area contributed by atoms with E-state index in [-0.39, 0.29) is 0 Å². The Morgan fingerprint density at radius 1 is 1.09 bits per heavy atom. The highest BCUT2D eigenvalue weighted by molar-refractivity contribution is 6.37. The zero-order valence-corrected chi connectivity index (χ0v) is 9.94. The Bertz CT molecular complexity index is 71.3. The largest absolute Gasteiger partial charge is 0.368 e. The molecule has 0 aliphatic carbocycles. The van der Waals surface area contributed by atoms with Gasteiger partial charge in [-0.25, -0.2) is 0 Å². The van der Waals surface area contributed by atoms with Crippen LogP contribution in [-0.4, -0.2) is 20.4 Å². The van der Waals surface area contributed by atoms with Gasteiger partial charge in [0.25, 0.3) is 0 Å². The smallest absolute Gasteiger partial charge is 0.145 e. The third-order valence-electron chi connectivity index (χ3n) is 2.49. The second kappa shape index (κ2) is 8.86. The summed E-state index contributed by atoms with van der Waals surface area (Å²) in [6, 6.07) is 0. The molecule has 11 heavy (non-hydrogen) atoms. The molecule has 0 aromatic heterocycles. The van der Waals surface area contributed by atoms with Crippen molar-refractivity contribution >= 4 is 20.4 Å². The average Bonchev–Trinajstić information content (AvgIpc) is 2.03. The molecule has 0 N–H and O–H groups in total. The Kier molecular flexibility index (Phi) is 9.48. The summed E-state index contributed by atoms with van der Waals surface area (Å²) in [5.74, 6) is 0. The van der Waals surface area contributed by atoms with Crippen molar-refractivity contribution < 1.29 is 0 Å². The first-order valence-electron chi connectivity index (χ1n) is 5.35. The minimum atomic E-state index is 0.303. The van der Waals surface area contributed by atoms with Crippen LogP contribution in [0.3, 0.4) is 0 Å². The van der Waals surface area contributed by atoms with Crippen molar-refractivity contribution in [3.05, 3.63) is 0 Å². The zero-order chi connectivity index (χ0) is 8.53. The second-order valence-corrected chi connectivity index (χ2v) is 6.00. The first kappa shape index (κ1) is 11.8. The molecule has 0 rings (SSSR count). The molecular weight excluding hydrogens is 144 g/mol. The molecule has 64 valence electrons. The van der Waals surface area contributed by atoms with E-state index in [1.54, 1.807) is 4.55 Å². The molecule has 0 nitrogen and oxygen atoms in total. The lowest BCUT2D eigenvalue weighted by Crippen LogP contribution is -2.01. The maximum Gasteiger partial charge on any atom is 0.368 e. The summed E-state index contributed by atoms with van der Waals surface area (Å²) in [6.45, 7) is 6.98. The summed E-state index contributed by atoms with van der Waals surface area (Å²) in [5.41, 5.74) is 0. The summed E-state index contributed by atoms with van der Waals surface area (Å²) in [6.07, 6.45) is 7.25. The molecule has 0 amide bonds. The van der Waals surface area contributed by atoms with Crippen molar-refractivity contribution in [2.24, 2.45) is 0 Å². The van der Waals surface area contributed by atoms with Crippen LogP contribution in [0.15, 0.2) is 0 Å². The average molecular weight is 167 g/mol. The van der Waals surface area contributed by atoms with E-state index in [4.69, 9.17) is 0 Å². The maximum atomic E-state index is 2.36. The van der Waals surface area contributed by atoms with Crippen LogP contribution in [0, 0.1) is 0 Å². The Hall–Kier alpha value is 0.766. The van der Waals surface area contributed by atoms with Gasteiger partial charge in [0, 0.05) is 0 Å². The van der Waals surface area contributed by atoms with Crippen LogP contribution in [0.5, 0.6) is 0 Å². The van der Waals surface area contributed by atoms with E-state index in [0.717, 1.165) is 4.05 Å². The van der Waals surface area contributed by atoms with E-state index in [2.05, 4.69) is 20.8 Å². The van der Waals surface area contributed by atoms with Crippen LogP contribution in [0.4, 0.5) is 0 Å². The van der Waals surface area contributed by atoms with Gasteiger partial charge in [0.1, 0.15) is 0 Å². The monoisotopic (exact) mass is 166 g/mol. The predicted molar refractivity (Wildman–Crippen MR) is 54.4 cm³/mol. The van der Waals surface area contributed by atoms with Gasteiger partial charge in [-0.2, -0.15) is 0 Å².